The number of ether oxygens (including phenoxy) is 2. The van der Waals surface area contributed by atoms with Crippen LogP contribution >= 0.6 is 0 Å². The number of aromatic amines is 1. The molecular weight excluding hydrogens is 306 g/mol. The SMILES string of the molecule is CCCCCCCNC(=O)Oc1nc(-c2ccccc2OC)c[nH]1. The number of nitrogens with zero attached hydrogens (tertiary/aromatic N) is 1. The number of carbonyl (C=O) groups is 1. The van der Waals surface area contributed by atoms with Gasteiger partial charge in [-0.25, -0.2) is 4.79 Å². The molecule has 0 saturated heterocycles. The van der Waals surface area contributed by atoms with Crippen molar-refractivity contribution in [1.29, 1.82) is 0 Å². The average Bonchev–Trinajstić information content (AvgIpc) is 3.06. The first-order valence-corrected chi connectivity index (χ1v) is 8.39. The van der Waals surface area contributed by atoms with E-state index in [0.717, 1.165) is 18.4 Å². The van der Waals surface area contributed by atoms with Gasteiger partial charge in [-0.3, -0.25) is 0 Å². The van der Waals surface area contributed by atoms with Crippen LogP contribution in [0.4, 0.5) is 4.79 Å². The molecule has 0 radical (unpaired) electrons. The van der Waals surface area contributed by atoms with Crippen molar-refractivity contribution < 1.29 is 14.3 Å². The van der Waals surface area contributed by atoms with Crippen molar-refractivity contribution in [2.75, 3.05) is 13.7 Å². The molecule has 2 N–H and O–H groups in total. The number of hydrogen-bond acceptors (Lipinski definition) is 4. The Hall–Kier alpha value is -2.50. The molecular formula is C18H25N3O3. The van der Waals surface area contributed by atoms with Gasteiger partial charge in [0, 0.05) is 18.3 Å². The average molecular weight is 331 g/mol. The summed E-state index contributed by atoms with van der Waals surface area (Å²) in [6.07, 6.45) is 6.92. The van der Waals surface area contributed by atoms with Crippen LogP contribution in [-0.2, 0) is 0 Å². The number of rotatable bonds is 9. The van der Waals surface area contributed by atoms with E-state index < -0.39 is 6.09 Å². The number of benzene rings is 1. The molecule has 1 amide bonds. The molecule has 2 aromatic rings. The van der Waals surface area contributed by atoms with E-state index in [-0.39, 0.29) is 6.01 Å². The topological polar surface area (TPSA) is 76.2 Å². The van der Waals surface area contributed by atoms with Gasteiger partial charge in [-0.2, -0.15) is 4.98 Å². The quantitative estimate of drug-likeness (QED) is 0.677. The van der Waals surface area contributed by atoms with Crippen molar-refractivity contribution in [3.8, 4) is 23.0 Å². The Morgan fingerprint density at radius 3 is 2.79 bits per heavy atom. The van der Waals surface area contributed by atoms with Gasteiger partial charge in [0.15, 0.2) is 0 Å². The van der Waals surface area contributed by atoms with Gasteiger partial charge in [-0.05, 0) is 18.6 Å². The van der Waals surface area contributed by atoms with Crippen molar-refractivity contribution in [2.24, 2.45) is 0 Å². The highest BCUT2D eigenvalue weighted by Gasteiger charge is 2.11. The van der Waals surface area contributed by atoms with Gasteiger partial charge in [0.25, 0.3) is 0 Å². The van der Waals surface area contributed by atoms with E-state index in [4.69, 9.17) is 9.47 Å². The number of unbranched alkanes of at least 4 members (excludes halogenated alkanes) is 4. The monoisotopic (exact) mass is 331 g/mol. The number of hydrogen-bond donors (Lipinski definition) is 2. The predicted octanol–water partition coefficient (Wildman–Crippen LogP) is 4.14. The molecule has 1 aromatic heterocycles. The molecule has 0 unspecified atom stereocenters. The zero-order valence-electron chi connectivity index (χ0n) is 14.3. The number of aromatic nitrogens is 2. The fourth-order valence-electron chi connectivity index (χ4n) is 2.39. The summed E-state index contributed by atoms with van der Waals surface area (Å²) in [7, 11) is 1.61. The summed E-state index contributed by atoms with van der Waals surface area (Å²) in [5.41, 5.74) is 1.50. The lowest BCUT2D eigenvalue weighted by atomic mass is 10.1. The third-order valence-corrected chi connectivity index (χ3v) is 3.68. The Kier molecular flexibility index (Phi) is 7.14. The normalized spacial score (nSPS) is 10.4. The molecule has 0 fully saturated rings. The zero-order valence-corrected chi connectivity index (χ0v) is 14.3. The van der Waals surface area contributed by atoms with Crippen molar-refractivity contribution in [1.82, 2.24) is 15.3 Å². The summed E-state index contributed by atoms with van der Waals surface area (Å²) in [6.45, 7) is 2.79. The Morgan fingerprint density at radius 1 is 1.21 bits per heavy atom. The Bertz CT molecular complexity index is 640. The molecule has 6 nitrogen and oxygen atoms in total. The summed E-state index contributed by atoms with van der Waals surface area (Å²) >= 11 is 0. The van der Waals surface area contributed by atoms with Gasteiger partial charge in [-0.1, -0.05) is 44.7 Å². The lowest BCUT2D eigenvalue weighted by Crippen LogP contribution is -2.28. The van der Waals surface area contributed by atoms with Crippen LogP contribution in [0.5, 0.6) is 11.8 Å². The second kappa shape index (κ2) is 9.60. The molecule has 1 heterocycles. The lowest BCUT2D eigenvalue weighted by molar-refractivity contribution is 0.196. The molecule has 0 bridgehead atoms. The van der Waals surface area contributed by atoms with Crippen LogP contribution in [0.25, 0.3) is 11.3 Å². The summed E-state index contributed by atoms with van der Waals surface area (Å²) in [5.74, 6) is 0.715. The van der Waals surface area contributed by atoms with Crippen LogP contribution in [0.2, 0.25) is 0 Å². The molecule has 0 saturated carbocycles. The van der Waals surface area contributed by atoms with Crippen LogP contribution < -0.4 is 14.8 Å². The molecule has 1 aromatic carbocycles. The second-order valence-corrected chi connectivity index (χ2v) is 5.52. The van der Waals surface area contributed by atoms with Gasteiger partial charge in [-0.15, -0.1) is 0 Å². The molecule has 130 valence electrons. The van der Waals surface area contributed by atoms with Crippen LogP contribution in [0.3, 0.4) is 0 Å². The minimum absolute atomic E-state index is 0.166. The first-order valence-electron chi connectivity index (χ1n) is 8.39. The van der Waals surface area contributed by atoms with Crippen LogP contribution in [0.15, 0.2) is 30.5 Å². The van der Waals surface area contributed by atoms with Crippen LogP contribution in [0, 0.1) is 0 Å². The molecule has 6 heteroatoms. The number of nitrogens with one attached hydrogen (secondary N) is 2. The maximum absolute atomic E-state index is 11.8. The molecule has 24 heavy (non-hydrogen) atoms. The fourth-order valence-corrected chi connectivity index (χ4v) is 2.39. The number of H-pyrrole nitrogens is 1. The van der Waals surface area contributed by atoms with E-state index in [1.165, 1.54) is 19.3 Å². The number of amides is 1. The van der Waals surface area contributed by atoms with E-state index in [2.05, 4.69) is 22.2 Å². The van der Waals surface area contributed by atoms with Crippen LogP contribution in [0.1, 0.15) is 39.0 Å². The van der Waals surface area contributed by atoms with E-state index in [1.807, 2.05) is 24.3 Å². The molecule has 0 atom stereocenters. The summed E-state index contributed by atoms with van der Waals surface area (Å²) < 4.78 is 10.5. The van der Waals surface area contributed by atoms with Gasteiger partial charge >= 0.3 is 12.1 Å². The molecule has 0 aliphatic carbocycles. The fraction of sp³-hybridized carbons (Fsp3) is 0.444. The van der Waals surface area contributed by atoms with Crippen molar-refractivity contribution in [2.45, 2.75) is 39.0 Å². The number of carbonyl (C=O) groups excluding carboxylic acids is 1. The van der Waals surface area contributed by atoms with Gasteiger partial charge in [0.2, 0.25) is 0 Å². The van der Waals surface area contributed by atoms with Crippen molar-refractivity contribution in [3.05, 3.63) is 30.5 Å². The largest absolute Gasteiger partial charge is 0.496 e. The number of methoxy groups -OCH3 is 1. The Labute approximate surface area is 142 Å². The van der Waals surface area contributed by atoms with Gasteiger partial charge in [0.1, 0.15) is 5.75 Å². The Balaban J connectivity index is 1.82. The maximum atomic E-state index is 11.8. The standard InChI is InChI=1S/C18H25N3O3/c1-3-4-5-6-9-12-19-18(22)24-17-20-13-15(21-17)14-10-7-8-11-16(14)23-2/h7-8,10-11,13H,3-6,9,12H2,1-2H3,(H,19,22)(H,20,21). The van der Waals surface area contributed by atoms with E-state index in [9.17, 15) is 4.79 Å². The van der Waals surface area contributed by atoms with Crippen molar-refractivity contribution >= 4 is 6.09 Å². The summed E-state index contributed by atoms with van der Waals surface area (Å²) in [6, 6.07) is 7.71. The molecule has 0 aliphatic rings. The summed E-state index contributed by atoms with van der Waals surface area (Å²) in [4.78, 5) is 18.9. The first kappa shape index (κ1) is 17.8. The summed E-state index contributed by atoms with van der Waals surface area (Å²) in [5, 5.41) is 2.73. The smallest absolute Gasteiger partial charge is 0.415 e. The minimum atomic E-state index is -0.494. The van der Waals surface area contributed by atoms with E-state index in [1.54, 1.807) is 13.3 Å². The van der Waals surface area contributed by atoms with E-state index in [0.29, 0.717) is 18.0 Å². The first-order chi connectivity index (χ1) is 11.7. The third-order valence-electron chi connectivity index (χ3n) is 3.68. The maximum Gasteiger partial charge on any atom is 0.415 e. The van der Waals surface area contributed by atoms with Gasteiger partial charge < -0.3 is 19.8 Å². The second-order valence-electron chi connectivity index (χ2n) is 5.52. The lowest BCUT2D eigenvalue weighted by Gasteiger charge is -2.05. The highest BCUT2D eigenvalue weighted by Crippen LogP contribution is 2.28. The number of imidazole rings is 1. The van der Waals surface area contributed by atoms with E-state index >= 15 is 0 Å². The number of para-hydroxylation sites is 1. The molecule has 0 aliphatic heterocycles. The van der Waals surface area contributed by atoms with Gasteiger partial charge in [0.05, 0.1) is 12.8 Å². The van der Waals surface area contributed by atoms with Crippen molar-refractivity contribution in [3.63, 3.8) is 0 Å². The zero-order chi connectivity index (χ0) is 17.2. The highest BCUT2D eigenvalue weighted by atomic mass is 16.6. The van der Waals surface area contributed by atoms with Crippen LogP contribution in [-0.4, -0.2) is 29.7 Å². The Morgan fingerprint density at radius 2 is 2.00 bits per heavy atom. The predicted molar refractivity (Wildman–Crippen MR) is 93.4 cm³/mol. The minimum Gasteiger partial charge on any atom is -0.496 e. The highest BCUT2D eigenvalue weighted by molar-refractivity contribution is 5.70. The third kappa shape index (κ3) is 5.30. The molecule has 2 rings (SSSR count). The molecule has 0 spiro atoms.